The molecule has 0 bridgehead atoms. The topological polar surface area (TPSA) is 58.4 Å². The Balaban J connectivity index is 1.91. The number of hydrogen-bond donors (Lipinski definition) is 1. The first-order valence-corrected chi connectivity index (χ1v) is 6.87. The van der Waals surface area contributed by atoms with Crippen LogP contribution in [0.25, 0.3) is 0 Å². The fraction of sp³-hybridized carbons (Fsp3) is 0.333. The molecule has 0 saturated carbocycles. The van der Waals surface area contributed by atoms with Crippen LogP contribution in [0.2, 0.25) is 0 Å². The highest BCUT2D eigenvalue weighted by atomic mass is 19.2. The molecule has 116 valence electrons. The van der Waals surface area contributed by atoms with Gasteiger partial charge < -0.3 is 14.6 Å². The summed E-state index contributed by atoms with van der Waals surface area (Å²) in [6, 6.07) is 3.02. The third-order valence-corrected chi connectivity index (χ3v) is 3.79. The maximum Gasteiger partial charge on any atom is 0.274 e. The lowest BCUT2D eigenvalue weighted by atomic mass is 10.0. The number of halogens is 2. The fourth-order valence-electron chi connectivity index (χ4n) is 2.74. The van der Waals surface area contributed by atoms with Crippen LogP contribution in [0.15, 0.2) is 30.7 Å². The molecule has 22 heavy (non-hydrogen) atoms. The highest BCUT2D eigenvalue weighted by molar-refractivity contribution is 5.92. The van der Waals surface area contributed by atoms with E-state index in [2.05, 4.69) is 4.98 Å². The maximum absolute atomic E-state index is 13.4. The highest BCUT2D eigenvalue weighted by Gasteiger charge is 2.36. The van der Waals surface area contributed by atoms with Crippen molar-refractivity contribution in [2.24, 2.45) is 7.05 Å². The van der Waals surface area contributed by atoms with Gasteiger partial charge in [0.2, 0.25) is 0 Å². The first-order chi connectivity index (χ1) is 10.5. The Kier molecular flexibility index (Phi) is 3.66. The minimum Gasteiger partial charge on any atom is -0.391 e. The number of aromatic nitrogens is 2. The van der Waals surface area contributed by atoms with Crippen LogP contribution in [0.3, 0.4) is 0 Å². The average Bonchev–Trinajstić information content (AvgIpc) is 3.07. The second-order valence-electron chi connectivity index (χ2n) is 5.46. The van der Waals surface area contributed by atoms with Crippen molar-refractivity contribution in [3.8, 4) is 0 Å². The van der Waals surface area contributed by atoms with Gasteiger partial charge in [0.15, 0.2) is 11.6 Å². The van der Waals surface area contributed by atoms with Crippen molar-refractivity contribution in [2.45, 2.75) is 18.6 Å². The van der Waals surface area contributed by atoms with E-state index in [-0.39, 0.29) is 24.6 Å². The minimum atomic E-state index is -0.968. The summed E-state index contributed by atoms with van der Waals surface area (Å²) in [5, 5.41) is 9.87. The third kappa shape index (κ3) is 2.59. The van der Waals surface area contributed by atoms with Crippen molar-refractivity contribution in [2.75, 3.05) is 6.54 Å². The van der Waals surface area contributed by atoms with Crippen molar-refractivity contribution >= 4 is 5.91 Å². The van der Waals surface area contributed by atoms with E-state index in [0.29, 0.717) is 5.56 Å². The number of rotatable bonds is 2. The lowest BCUT2D eigenvalue weighted by Gasteiger charge is -2.24. The van der Waals surface area contributed by atoms with Gasteiger partial charge in [0.1, 0.15) is 5.69 Å². The molecule has 1 aliphatic rings. The van der Waals surface area contributed by atoms with E-state index in [1.165, 1.54) is 17.3 Å². The quantitative estimate of drug-likeness (QED) is 0.918. The van der Waals surface area contributed by atoms with E-state index >= 15 is 0 Å². The first kappa shape index (κ1) is 14.6. The summed E-state index contributed by atoms with van der Waals surface area (Å²) in [6.07, 6.45) is 2.66. The SMILES string of the molecule is Cn1cnc(C(=O)N2C[C@@H](O)C[C@@H]2c2ccc(F)c(F)c2)c1. The predicted molar refractivity (Wildman–Crippen MR) is 74.0 cm³/mol. The van der Waals surface area contributed by atoms with E-state index in [9.17, 15) is 18.7 Å². The Labute approximate surface area is 125 Å². The van der Waals surface area contributed by atoms with Crippen molar-refractivity contribution in [1.82, 2.24) is 14.5 Å². The zero-order chi connectivity index (χ0) is 15.9. The molecule has 1 saturated heterocycles. The zero-order valence-electron chi connectivity index (χ0n) is 11.9. The van der Waals surface area contributed by atoms with Gasteiger partial charge >= 0.3 is 0 Å². The number of hydrogen-bond acceptors (Lipinski definition) is 3. The number of β-amino-alcohol motifs (C(OH)–C–C–N with tert-alkyl or cyclic N) is 1. The van der Waals surface area contributed by atoms with E-state index in [4.69, 9.17) is 0 Å². The van der Waals surface area contributed by atoms with Crippen molar-refractivity contribution in [3.63, 3.8) is 0 Å². The Hall–Kier alpha value is -2.28. The largest absolute Gasteiger partial charge is 0.391 e. The predicted octanol–water partition coefficient (Wildman–Crippen LogP) is 1.65. The minimum absolute atomic E-state index is 0.138. The number of aliphatic hydroxyl groups excluding tert-OH is 1. The molecule has 1 fully saturated rings. The normalized spacial score (nSPS) is 21.4. The van der Waals surface area contributed by atoms with E-state index in [1.54, 1.807) is 17.8 Å². The van der Waals surface area contributed by atoms with Gasteiger partial charge in [-0.3, -0.25) is 4.79 Å². The molecule has 2 heterocycles. The molecule has 2 atom stereocenters. The van der Waals surface area contributed by atoms with Crippen LogP contribution in [0.5, 0.6) is 0 Å². The van der Waals surface area contributed by atoms with Crippen LogP contribution in [0.4, 0.5) is 8.78 Å². The number of carbonyl (C=O) groups is 1. The molecule has 1 amide bonds. The van der Waals surface area contributed by atoms with Gasteiger partial charge in [0, 0.05) is 19.8 Å². The number of aliphatic hydroxyl groups is 1. The van der Waals surface area contributed by atoms with Gasteiger partial charge in [-0.2, -0.15) is 0 Å². The molecule has 1 aromatic heterocycles. The van der Waals surface area contributed by atoms with Crippen LogP contribution >= 0.6 is 0 Å². The van der Waals surface area contributed by atoms with Crippen LogP contribution in [0.1, 0.15) is 28.5 Å². The molecule has 1 aliphatic heterocycles. The highest BCUT2D eigenvalue weighted by Crippen LogP contribution is 2.33. The molecule has 0 spiro atoms. The van der Waals surface area contributed by atoms with Gasteiger partial charge in [0.25, 0.3) is 5.91 Å². The van der Waals surface area contributed by atoms with E-state index in [0.717, 1.165) is 12.1 Å². The fourth-order valence-corrected chi connectivity index (χ4v) is 2.74. The average molecular weight is 307 g/mol. The van der Waals surface area contributed by atoms with E-state index in [1.807, 2.05) is 0 Å². The molecule has 5 nitrogen and oxygen atoms in total. The molecule has 0 radical (unpaired) electrons. The Morgan fingerprint density at radius 1 is 1.36 bits per heavy atom. The summed E-state index contributed by atoms with van der Waals surface area (Å²) < 4.78 is 28.1. The van der Waals surface area contributed by atoms with Gasteiger partial charge in [-0.1, -0.05) is 6.07 Å². The number of benzene rings is 1. The summed E-state index contributed by atoms with van der Waals surface area (Å²) in [4.78, 5) is 18.0. The molecule has 0 unspecified atom stereocenters. The number of nitrogens with zero attached hydrogens (tertiary/aromatic N) is 3. The van der Waals surface area contributed by atoms with Gasteiger partial charge in [0.05, 0.1) is 18.5 Å². The van der Waals surface area contributed by atoms with Crippen molar-refractivity contribution in [3.05, 3.63) is 53.6 Å². The summed E-state index contributed by atoms with van der Waals surface area (Å²) in [7, 11) is 1.75. The molecular weight excluding hydrogens is 292 g/mol. The Morgan fingerprint density at radius 3 is 2.77 bits per heavy atom. The zero-order valence-corrected chi connectivity index (χ0v) is 11.9. The third-order valence-electron chi connectivity index (χ3n) is 3.79. The van der Waals surface area contributed by atoms with Crippen LogP contribution < -0.4 is 0 Å². The number of imidazole rings is 1. The summed E-state index contributed by atoms with van der Waals surface area (Å²) >= 11 is 0. The smallest absolute Gasteiger partial charge is 0.274 e. The maximum atomic E-state index is 13.4. The van der Waals surface area contributed by atoms with Crippen molar-refractivity contribution in [1.29, 1.82) is 0 Å². The van der Waals surface area contributed by atoms with Gasteiger partial charge in [-0.15, -0.1) is 0 Å². The lowest BCUT2D eigenvalue weighted by molar-refractivity contribution is 0.0710. The number of amides is 1. The number of carbonyl (C=O) groups excluding carboxylic acids is 1. The standard InChI is InChI=1S/C15H15F2N3O2/c1-19-7-13(18-8-19)15(22)20-6-10(21)5-14(20)9-2-3-11(16)12(17)4-9/h2-4,7-8,10,14,21H,5-6H2,1H3/t10-,14+/m0/s1. The molecule has 3 rings (SSSR count). The van der Waals surface area contributed by atoms with Gasteiger partial charge in [-0.05, 0) is 24.1 Å². The molecular formula is C15H15F2N3O2. The molecule has 1 aromatic carbocycles. The monoisotopic (exact) mass is 307 g/mol. The summed E-state index contributed by atoms with van der Waals surface area (Å²) in [5.41, 5.74) is 0.712. The van der Waals surface area contributed by atoms with Crippen LogP contribution in [0, 0.1) is 11.6 Å². The van der Waals surface area contributed by atoms with Crippen LogP contribution in [-0.4, -0.2) is 38.1 Å². The van der Waals surface area contributed by atoms with E-state index < -0.39 is 23.8 Å². The first-order valence-electron chi connectivity index (χ1n) is 6.87. The van der Waals surface area contributed by atoms with Crippen molar-refractivity contribution < 1.29 is 18.7 Å². The second-order valence-corrected chi connectivity index (χ2v) is 5.46. The molecule has 7 heteroatoms. The number of aryl methyl sites for hydroxylation is 1. The Bertz CT molecular complexity index is 717. The van der Waals surface area contributed by atoms with Gasteiger partial charge in [-0.25, -0.2) is 13.8 Å². The molecule has 0 aliphatic carbocycles. The number of likely N-dealkylation sites (tertiary alicyclic amines) is 1. The lowest BCUT2D eigenvalue weighted by Crippen LogP contribution is -2.32. The van der Waals surface area contributed by atoms with Crippen LogP contribution in [-0.2, 0) is 7.05 Å². The Morgan fingerprint density at radius 2 is 2.14 bits per heavy atom. The summed E-state index contributed by atoms with van der Waals surface area (Å²) in [6.45, 7) is 0.138. The summed E-state index contributed by atoms with van der Waals surface area (Å²) in [5.74, 6) is -2.25. The molecule has 2 aromatic rings. The second kappa shape index (κ2) is 5.49. The molecule has 1 N–H and O–H groups in total.